The molecule has 32 heavy (non-hydrogen) atoms. The maximum atomic E-state index is 12.9. The highest BCUT2D eigenvalue weighted by Crippen LogP contribution is 2.17. The van der Waals surface area contributed by atoms with Crippen LogP contribution in [0.3, 0.4) is 0 Å². The third-order valence-electron chi connectivity index (χ3n) is 5.40. The standard InChI is InChI=1S/C23H30N4O5/c1-15(2)10-11-24-23(31)26-20(28)14-32-22(30)16-8-9-17-18(13-16)25-19-7-5-3-4-6-12-27(19)21(17)29/h8-9,13,15H,3-7,10-12,14H2,1-2H3,(H2,24,26,28,31). The van der Waals surface area contributed by atoms with E-state index in [-0.39, 0.29) is 11.1 Å². The number of carbonyl (C=O) groups excluding carboxylic acids is 3. The van der Waals surface area contributed by atoms with Crippen molar-refractivity contribution >= 4 is 28.8 Å². The molecule has 0 saturated heterocycles. The van der Waals surface area contributed by atoms with Crippen LogP contribution in [0.25, 0.3) is 10.9 Å². The van der Waals surface area contributed by atoms with Crippen LogP contribution < -0.4 is 16.2 Å². The van der Waals surface area contributed by atoms with E-state index in [0.717, 1.165) is 44.3 Å². The number of amides is 3. The van der Waals surface area contributed by atoms with Crippen molar-refractivity contribution in [3.63, 3.8) is 0 Å². The number of hydrogen-bond acceptors (Lipinski definition) is 6. The minimum absolute atomic E-state index is 0.102. The minimum atomic E-state index is -0.726. The van der Waals surface area contributed by atoms with Crippen LogP contribution in [0.5, 0.6) is 0 Å². The van der Waals surface area contributed by atoms with Crippen LogP contribution in [-0.2, 0) is 22.5 Å². The molecular formula is C23H30N4O5. The molecule has 0 spiro atoms. The van der Waals surface area contributed by atoms with E-state index in [1.54, 1.807) is 10.6 Å². The molecule has 1 aromatic carbocycles. The summed E-state index contributed by atoms with van der Waals surface area (Å²) in [5.41, 5.74) is 0.523. The monoisotopic (exact) mass is 442 g/mol. The first-order valence-electron chi connectivity index (χ1n) is 11.1. The molecular weight excluding hydrogens is 412 g/mol. The van der Waals surface area contributed by atoms with E-state index >= 15 is 0 Å². The summed E-state index contributed by atoms with van der Waals surface area (Å²) in [5, 5.41) is 5.14. The summed E-state index contributed by atoms with van der Waals surface area (Å²) in [6.07, 6.45) is 5.64. The van der Waals surface area contributed by atoms with Crippen LogP contribution in [0.1, 0.15) is 62.1 Å². The zero-order valence-electron chi connectivity index (χ0n) is 18.6. The highest BCUT2D eigenvalue weighted by molar-refractivity contribution is 5.98. The van der Waals surface area contributed by atoms with E-state index in [1.807, 2.05) is 13.8 Å². The number of carbonyl (C=O) groups is 3. The summed E-state index contributed by atoms with van der Waals surface area (Å²) in [6.45, 7) is 4.57. The average Bonchev–Trinajstić information content (AvgIpc) is 2.72. The van der Waals surface area contributed by atoms with E-state index in [0.29, 0.717) is 29.9 Å². The van der Waals surface area contributed by atoms with Gasteiger partial charge in [0.1, 0.15) is 5.82 Å². The molecule has 9 nitrogen and oxygen atoms in total. The van der Waals surface area contributed by atoms with Gasteiger partial charge in [-0.1, -0.05) is 26.7 Å². The average molecular weight is 443 g/mol. The normalized spacial score (nSPS) is 13.7. The molecule has 3 amide bonds. The van der Waals surface area contributed by atoms with Crippen molar-refractivity contribution in [1.82, 2.24) is 20.2 Å². The zero-order valence-corrected chi connectivity index (χ0v) is 18.6. The van der Waals surface area contributed by atoms with Crippen LogP contribution in [0.15, 0.2) is 23.0 Å². The molecule has 0 aliphatic carbocycles. The van der Waals surface area contributed by atoms with E-state index in [4.69, 9.17) is 4.74 Å². The molecule has 0 atom stereocenters. The number of urea groups is 1. The van der Waals surface area contributed by atoms with Gasteiger partial charge in [-0.25, -0.2) is 14.6 Å². The summed E-state index contributed by atoms with van der Waals surface area (Å²) in [6, 6.07) is 3.93. The molecule has 1 aliphatic heterocycles. The predicted octanol–water partition coefficient (Wildman–Crippen LogP) is 2.54. The number of rotatable bonds is 6. The first-order chi connectivity index (χ1) is 15.3. The Morgan fingerprint density at radius 2 is 1.94 bits per heavy atom. The lowest BCUT2D eigenvalue weighted by Crippen LogP contribution is -2.42. The Morgan fingerprint density at radius 3 is 2.72 bits per heavy atom. The third kappa shape index (κ3) is 6.15. The van der Waals surface area contributed by atoms with E-state index < -0.39 is 24.5 Å². The Bertz CT molecular complexity index is 1060. The molecule has 1 aromatic heterocycles. The van der Waals surface area contributed by atoms with Gasteiger partial charge in [-0.3, -0.25) is 19.5 Å². The van der Waals surface area contributed by atoms with E-state index in [1.165, 1.54) is 12.1 Å². The molecule has 2 heterocycles. The lowest BCUT2D eigenvalue weighted by atomic mass is 10.1. The topological polar surface area (TPSA) is 119 Å². The molecule has 0 bridgehead atoms. The van der Waals surface area contributed by atoms with E-state index in [2.05, 4.69) is 15.6 Å². The molecule has 0 unspecified atom stereocenters. The molecule has 0 radical (unpaired) electrons. The smallest absolute Gasteiger partial charge is 0.338 e. The minimum Gasteiger partial charge on any atom is -0.452 e. The second-order valence-electron chi connectivity index (χ2n) is 8.44. The summed E-state index contributed by atoms with van der Waals surface area (Å²) in [5.74, 6) is -0.287. The highest BCUT2D eigenvalue weighted by Gasteiger charge is 2.17. The van der Waals surface area contributed by atoms with Crippen molar-refractivity contribution < 1.29 is 19.1 Å². The first kappa shape index (κ1) is 23.4. The van der Waals surface area contributed by atoms with Gasteiger partial charge in [0.2, 0.25) is 0 Å². The summed E-state index contributed by atoms with van der Waals surface area (Å²) in [4.78, 5) is 53.4. The van der Waals surface area contributed by atoms with Gasteiger partial charge in [0.05, 0.1) is 16.5 Å². The largest absolute Gasteiger partial charge is 0.452 e. The number of fused-ring (bicyclic) bond motifs is 2. The number of benzene rings is 1. The molecule has 3 rings (SSSR count). The number of ether oxygens (including phenoxy) is 1. The number of aromatic nitrogens is 2. The third-order valence-corrected chi connectivity index (χ3v) is 5.40. The van der Waals surface area contributed by atoms with Crippen molar-refractivity contribution in [2.24, 2.45) is 5.92 Å². The van der Waals surface area contributed by atoms with Crippen molar-refractivity contribution in [1.29, 1.82) is 0 Å². The van der Waals surface area contributed by atoms with Crippen LogP contribution in [0.2, 0.25) is 0 Å². The van der Waals surface area contributed by atoms with Crippen LogP contribution >= 0.6 is 0 Å². The Kier molecular flexibility index (Phi) is 7.97. The van der Waals surface area contributed by atoms with Gasteiger partial charge in [-0.05, 0) is 43.4 Å². The molecule has 0 fully saturated rings. The Hall–Kier alpha value is -3.23. The summed E-state index contributed by atoms with van der Waals surface area (Å²) >= 11 is 0. The van der Waals surface area contributed by atoms with Crippen molar-refractivity contribution in [2.45, 2.75) is 58.9 Å². The maximum Gasteiger partial charge on any atom is 0.338 e. The highest BCUT2D eigenvalue weighted by atomic mass is 16.5. The second kappa shape index (κ2) is 10.9. The number of hydrogen-bond donors (Lipinski definition) is 2. The molecule has 1 aliphatic rings. The summed E-state index contributed by atoms with van der Waals surface area (Å²) in [7, 11) is 0. The number of aryl methyl sites for hydroxylation is 1. The molecule has 9 heteroatoms. The van der Waals surface area contributed by atoms with Gasteiger partial charge in [-0.15, -0.1) is 0 Å². The molecule has 0 saturated carbocycles. The van der Waals surface area contributed by atoms with Crippen LogP contribution in [0, 0.1) is 5.92 Å². The van der Waals surface area contributed by atoms with Gasteiger partial charge < -0.3 is 10.1 Å². The second-order valence-corrected chi connectivity index (χ2v) is 8.44. The summed E-state index contributed by atoms with van der Waals surface area (Å²) < 4.78 is 6.75. The molecule has 172 valence electrons. The number of nitrogens with zero attached hydrogens (tertiary/aromatic N) is 2. The zero-order chi connectivity index (χ0) is 23.1. The quantitative estimate of drug-likeness (QED) is 0.664. The van der Waals surface area contributed by atoms with Gasteiger partial charge in [-0.2, -0.15) is 0 Å². The van der Waals surface area contributed by atoms with Gasteiger partial charge in [0.15, 0.2) is 6.61 Å². The first-order valence-corrected chi connectivity index (χ1v) is 11.1. The van der Waals surface area contributed by atoms with E-state index in [9.17, 15) is 19.2 Å². The SMILES string of the molecule is CC(C)CCNC(=O)NC(=O)COC(=O)c1ccc2c(=O)n3c(nc2c1)CCCCCC3. The van der Waals surface area contributed by atoms with Crippen molar-refractivity contribution in [2.75, 3.05) is 13.2 Å². The fourth-order valence-corrected chi connectivity index (χ4v) is 3.62. The van der Waals surface area contributed by atoms with Crippen LogP contribution in [-0.4, -0.2) is 40.6 Å². The fourth-order valence-electron chi connectivity index (χ4n) is 3.62. The van der Waals surface area contributed by atoms with Crippen molar-refractivity contribution in [3.8, 4) is 0 Å². The Morgan fingerprint density at radius 1 is 1.16 bits per heavy atom. The lowest BCUT2D eigenvalue weighted by molar-refractivity contribution is -0.123. The van der Waals surface area contributed by atoms with Crippen LogP contribution in [0.4, 0.5) is 4.79 Å². The number of imide groups is 1. The maximum absolute atomic E-state index is 12.9. The fraction of sp³-hybridized carbons (Fsp3) is 0.522. The molecule has 2 N–H and O–H groups in total. The number of nitrogens with one attached hydrogen (secondary N) is 2. The van der Waals surface area contributed by atoms with Gasteiger partial charge in [0, 0.05) is 19.5 Å². The van der Waals surface area contributed by atoms with Gasteiger partial charge >= 0.3 is 12.0 Å². The van der Waals surface area contributed by atoms with Crippen molar-refractivity contribution in [3.05, 3.63) is 39.9 Å². The Labute approximate surface area is 186 Å². The predicted molar refractivity (Wildman–Crippen MR) is 119 cm³/mol. The lowest BCUT2D eigenvalue weighted by Gasteiger charge is -2.16. The van der Waals surface area contributed by atoms with Gasteiger partial charge in [0.25, 0.3) is 11.5 Å². The number of esters is 1. The molecule has 2 aromatic rings. The Balaban J connectivity index is 1.63.